The van der Waals surface area contributed by atoms with E-state index in [0.29, 0.717) is 10.8 Å². The molecular weight excluding hydrogens is 262 g/mol. The first-order valence-electron chi connectivity index (χ1n) is 4.83. The number of tetrazole rings is 1. The van der Waals surface area contributed by atoms with Crippen LogP contribution in [0.25, 0.3) is 11.4 Å². The quantitative estimate of drug-likeness (QED) is 0.833. The van der Waals surface area contributed by atoms with E-state index in [1.807, 2.05) is 13.8 Å². The molecule has 2 N–H and O–H groups in total. The van der Waals surface area contributed by atoms with Crippen LogP contribution in [0.15, 0.2) is 0 Å². The molecule has 0 aliphatic rings. The topological polar surface area (TPSA) is 83.6 Å². The molecule has 0 radical (unpaired) electrons. The van der Waals surface area contributed by atoms with Gasteiger partial charge in [-0.3, -0.25) is 4.79 Å². The summed E-state index contributed by atoms with van der Waals surface area (Å²) in [6, 6.07) is 0. The summed E-state index contributed by atoms with van der Waals surface area (Å²) >= 11 is 6.94. The number of alkyl halides is 1. The predicted octanol–water partition coefficient (Wildman–Crippen LogP) is 1.72. The molecule has 0 atom stereocenters. The Bertz CT molecular complexity index is 536. The maximum absolute atomic E-state index is 11.3. The minimum atomic E-state index is -0.252. The SMILES string of the molecule is Cc1sc(NC(=O)CCl)c(-c2nn[nH]n2)c1C. The number of halogens is 1. The third kappa shape index (κ3) is 2.29. The summed E-state index contributed by atoms with van der Waals surface area (Å²) in [6.07, 6.45) is 0. The van der Waals surface area contributed by atoms with Crippen LogP contribution in [-0.4, -0.2) is 32.4 Å². The lowest BCUT2D eigenvalue weighted by Gasteiger charge is -2.02. The van der Waals surface area contributed by atoms with Gasteiger partial charge < -0.3 is 5.32 Å². The van der Waals surface area contributed by atoms with Gasteiger partial charge in [-0.15, -0.1) is 33.1 Å². The van der Waals surface area contributed by atoms with Crippen molar-refractivity contribution in [1.29, 1.82) is 0 Å². The maximum Gasteiger partial charge on any atom is 0.239 e. The molecule has 0 aromatic carbocycles. The average Bonchev–Trinajstić information content (AvgIpc) is 2.89. The molecule has 1 amide bonds. The lowest BCUT2D eigenvalue weighted by Crippen LogP contribution is -2.12. The number of carbonyl (C=O) groups is 1. The molecule has 2 heterocycles. The summed E-state index contributed by atoms with van der Waals surface area (Å²) < 4.78 is 0. The van der Waals surface area contributed by atoms with E-state index < -0.39 is 0 Å². The molecule has 0 bridgehead atoms. The minimum Gasteiger partial charge on any atom is -0.316 e. The van der Waals surface area contributed by atoms with Gasteiger partial charge in [0.05, 0.1) is 5.56 Å². The van der Waals surface area contributed by atoms with Crippen LogP contribution < -0.4 is 5.32 Å². The minimum absolute atomic E-state index is 0.0817. The highest BCUT2D eigenvalue weighted by Gasteiger charge is 2.19. The van der Waals surface area contributed by atoms with Crippen molar-refractivity contribution in [3.63, 3.8) is 0 Å². The lowest BCUT2D eigenvalue weighted by molar-refractivity contribution is -0.113. The number of thiophene rings is 1. The van der Waals surface area contributed by atoms with Gasteiger partial charge in [-0.2, -0.15) is 5.21 Å². The van der Waals surface area contributed by atoms with E-state index in [-0.39, 0.29) is 11.8 Å². The molecule has 0 spiro atoms. The number of carbonyl (C=O) groups excluding carboxylic acids is 1. The molecule has 2 aromatic heterocycles. The molecule has 0 aliphatic carbocycles. The van der Waals surface area contributed by atoms with Crippen molar-refractivity contribution in [3.05, 3.63) is 10.4 Å². The molecular formula is C9H10ClN5OS. The second kappa shape index (κ2) is 4.80. The molecule has 17 heavy (non-hydrogen) atoms. The van der Waals surface area contributed by atoms with Crippen LogP contribution in [0.3, 0.4) is 0 Å². The van der Waals surface area contributed by atoms with Gasteiger partial charge in [0.2, 0.25) is 11.7 Å². The van der Waals surface area contributed by atoms with E-state index in [1.165, 1.54) is 11.3 Å². The normalized spacial score (nSPS) is 10.5. The Morgan fingerprint density at radius 1 is 1.53 bits per heavy atom. The van der Waals surface area contributed by atoms with E-state index in [9.17, 15) is 4.79 Å². The van der Waals surface area contributed by atoms with Crippen molar-refractivity contribution in [1.82, 2.24) is 20.6 Å². The molecule has 6 nitrogen and oxygen atoms in total. The second-order valence-corrected chi connectivity index (χ2v) is 4.90. The van der Waals surface area contributed by atoms with Crippen molar-refractivity contribution in [2.24, 2.45) is 0 Å². The summed E-state index contributed by atoms with van der Waals surface area (Å²) in [5.74, 6) is 0.135. The van der Waals surface area contributed by atoms with Crippen LogP contribution in [0, 0.1) is 13.8 Å². The molecule has 0 saturated carbocycles. The number of rotatable bonds is 3. The summed E-state index contributed by atoms with van der Waals surface area (Å²) in [7, 11) is 0. The molecule has 0 unspecified atom stereocenters. The summed E-state index contributed by atoms with van der Waals surface area (Å²) in [4.78, 5) is 12.4. The first-order valence-corrected chi connectivity index (χ1v) is 6.18. The number of hydrogen-bond donors (Lipinski definition) is 2. The average molecular weight is 272 g/mol. The Balaban J connectivity index is 2.46. The Morgan fingerprint density at radius 3 is 2.88 bits per heavy atom. The Hall–Kier alpha value is -1.47. The highest BCUT2D eigenvalue weighted by molar-refractivity contribution is 7.17. The first kappa shape index (κ1) is 12.0. The summed E-state index contributed by atoms with van der Waals surface area (Å²) in [5.41, 5.74) is 1.82. The third-order valence-electron chi connectivity index (χ3n) is 2.33. The van der Waals surface area contributed by atoms with Crippen LogP contribution in [0.4, 0.5) is 5.00 Å². The second-order valence-electron chi connectivity index (χ2n) is 3.40. The molecule has 8 heteroatoms. The zero-order valence-corrected chi connectivity index (χ0v) is 10.8. The maximum atomic E-state index is 11.3. The number of amides is 1. The molecule has 2 rings (SSSR count). The summed E-state index contributed by atoms with van der Waals surface area (Å²) in [5, 5.41) is 17.2. The predicted molar refractivity (Wildman–Crippen MR) is 66.3 cm³/mol. The monoisotopic (exact) mass is 271 g/mol. The van der Waals surface area contributed by atoms with Crippen LogP contribution in [-0.2, 0) is 4.79 Å². The molecule has 90 valence electrons. The smallest absolute Gasteiger partial charge is 0.239 e. The molecule has 2 aromatic rings. The molecule has 0 fully saturated rings. The number of nitrogens with one attached hydrogen (secondary N) is 2. The van der Waals surface area contributed by atoms with Gasteiger partial charge in [0.1, 0.15) is 10.9 Å². The number of anilines is 1. The van der Waals surface area contributed by atoms with Crippen LogP contribution >= 0.6 is 22.9 Å². The number of H-pyrrole nitrogens is 1. The Labute approximate surface area is 106 Å². The fourth-order valence-corrected chi connectivity index (χ4v) is 2.55. The van der Waals surface area contributed by atoms with Gasteiger partial charge in [-0.1, -0.05) is 0 Å². The van der Waals surface area contributed by atoms with Gasteiger partial charge in [-0.25, -0.2) is 0 Å². The first-order chi connectivity index (χ1) is 8.13. The van der Waals surface area contributed by atoms with Crippen molar-refractivity contribution < 1.29 is 4.79 Å². The van der Waals surface area contributed by atoms with Crippen molar-refractivity contribution in [2.45, 2.75) is 13.8 Å². The summed E-state index contributed by atoms with van der Waals surface area (Å²) in [6.45, 7) is 3.92. The largest absolute Gasteiger partial charge is 0.316 e. The van der Waals surface area contributed by atoms with Gasteiger partial charge in [0, 0.05) is 4.88 Å². The van der Waals surface area contributed by atoms with Gasteiger partial charge in [-0.05, 0) is 24.6 Å². The van der Waals surface area contributed by atoms with E-state index in [2.05, 4.69) is 25.9 Å². The van der Waals surface area contributed by atoms with Crippen LogP contribution in [0.5, 0.6) is 0 Å². The van der Waals surface area contributed by atoms with E-state index in [1.54, 1.807) is 0 Å². The fourth-order valence-electron chi connectivity index (χ4n) is 1.41. The zero-order valence-electron chi connectivity index (χ0n) is 9.24. The van der Waals surface area contributed by atoms with E-state index >= 15 is 0 Å². The highest BCUT2D eigenvalue weighted by atomic mass is 35.5. The van der Waals surface area contributed by atoms with Crippen molar-refractivity contribution in [2.75, 3.05) is 11.2 Å². The van der Waals surface area contributed by atoms with Crippen molar-refractivity contribution in [3.8, 4) is 11.4 Å². The number of aromatic nitrogens is 4. The number of hydrogen-bond acceptors (Lipinski definition) is 5. The lowest BCUT2D eigenvalue weighted by atomic mass is 10.1. The fraction of sp³-hybridized carbons (Fsp3) is 0.333. The Morgan fingerprint density at radius 2 is 2.29 bits per heavy atom. The van der Waals surface area contributed by atoms with Crippen molar-refractivity contribution >= 4 is 33.8 Å². The zero-order chi connectivity index (χ0) is 12.4. The Kier molecular flexibility index (Phi) is 3.39. The van der Waals surface area contributed by atoms with Gasteiger partial charge in [0.15, 0.2) is 0 Å². The van der Waals surface area contributed by atoms with E-state index in [0.717, 1.165) is 16.0 Å². The van der Waals surface area contributed by atoms with Crippen LogP contribution in [0.1, 0.15) is 10.4 Å². The highest BCUT2D eigenvalue weighted by Crippen LogP contribution is 2.38. The number of nitrogens with zero attached hydrogens (tertiary/aromatic N) is 3. The van der Waals surface area contributed by atoms with E-state index in [4.69, 9.17) is 11.6 Å². The van der Waals surface area contributed by atoms with Crippen LogP contribution in [0.2, 0.25) is 0 Å². The molecule has 0 saturated heterocycles. The third-order valence-corrected chi connectivity index (χ3v) is 3.69. The molecule has 0 aliphatic heterocycles. The standard InChI is InChI=1S/C9H10ClN5OS/c1-4-5(2)17-9(11-6(16)3-10)7(4)8-12-14-15-13-8/h3H2,1-2H3,(H,11,16)(H,12,13,14,15). The van der Waals surface area contributed by atoms with Gasteiger partial charge >= 0.3 is 0 Å². The number of aryl methyl sites for hydroxylation is 1. The number of aromatic amines is 1. The van der Waals surface area contributed by atoms with Gasteiger partial charge in [0.25, 0.3) is 0 Å².